The van der Waals surface area contributed by atoms with Gasteiger partial charge in [-0.15, -0.1) is 0 Å². The second-order valence-corrected chi connectivity index (χ2v) is 9.28. The van der Waals surface area contributed by atoms with E-state index in [9.17, 15) is 15.3 Å². The van der Waals surface area contributed by atoms with Crippen molar-refractivity contribution in [2.24, 2.45) is 5.92 Å². The Hall–Kier alpha value is -2.75. The van der Waals surface area contributed by atoms with Crippen molar-refractivity contribution in [1.82, 2.24) is 15.0 Å². The quantitative estimate of drug-likeness (QED) is 0.299. The van der Waals surface area contributed by atoms with E-state index in [0.29, 0.717) is 35.1 Å². The van der Waals surface area contributed by atoms with E-state index < -0.39 is 24.2 Å². The number of aryl methyl sites for hydroxylation is 3. The van der Waals surface area contributed by atoms with Crippen LogP contribution in [0.2, 0.25) is 0 Å². The molecule has 1 saturated carbocycles. The van der Waals surface area contributed by atoms with Gasteiger partial charge in [0.1, 0.15) is 17.7 Å². The van der Waals surface area contributed by atoms with Crippen LogP contribution in [0.15, 0.2) is 16.5 Å². The van der Waals surface area contributed by atoms with Crippen LogP contribution in [0.25, 0.3) is 22.3 Å². The fourth-order valence-electron chi connectivity index (χ4n) is 4.74. The number of hydrogen-bond donors (Lipinski definition) is 5. The molecule has 5 N–H and O–H groups in total. The average molecular weight is 470 g/mol. The zero-order chi connectivity index (χ0) is 24.4. The number of furan rings is 1. The lowest BCUT2D eigenvalue weighted by Gasteiger charge is -2.21. The molecule has 4 atom stereocenters. The molecule has 3 aromatic heterocycles. The summed E-state index contributed by atoms with van der Waals surface area (Å²) in [5.41, 5.74) is 3.85. The predicted octanol–water partition coefficient (Wildman–Crippen LogP) is 3.33. The normalized spacial score (nSPS) is 22.4. The standard InChI is InChI=1S/C25H35N5O4/c1-5-6-7-8-26-25-28-14(3)20(19-11-16-9-13(2)27-15(4)23(16)34-19)24(30-25)29-18-10-17(12-31)21(32)22(18)33/h9,11,17-18,21-22,31-33H,5-8,10,12H2,1-4H3,(H2,26,28,29,30)/t17-,18-,21-,22+/m1/s1. The average Bonchev–Trinajstić information content (AvgIpc) is 3.33. The van der Waals surface area contributed by atoms with Crippen molar-refractivity contribution in [3.63, 3.8) is 0 Å². The summed E-state index contributed by atoms with van der Waals surface area (Å²) in [5.74, 6) is 1.22. The SMILES string of the molecule is CCCCCNc1nc(C)c(-c2cc3cc(C)nc(C)c3o2)c(N[C@@H]2C[C@H](CO)[C@@H](O)[C@H]2O)n1. The first-order chi connectivity index (χ1) is 16.3. The van der Waals surface area contributed by atoms with Crippen LogP contribution in [0.5, 0.6) is 0 Å². The van der Waals surface area contributed by atoms with Gasteiger partial charge >= 0.3 is 0 Å². The molecule has 34 heavy (non-hydrogen) atoms. The molecular weight excluding hydrogens is 434 g/mol. The van der Waals surface area contributed by atoms with Gasteiger partial charge in [-0.3, -0.25) is 4.98 Å². The van der Waals surface area contributed by atoms with Gasteiger partial charge in [0.2, 0.25) is 5.95 Å². The van der Waals surface area contributed by atoms with E-state index in [4.69, 9.17) is 9.40 Å². The minimum atomic E-state index is -1.02. The third-order valence-electron chi connectivity index (χ3n) is 6.56. The second-order valence-electron chi connectivity index (χ2n) is 9.28. The lowest BCUT2D eigenvalue weighted by molar-refractivity contribution is 0.00446. The van der Waals surface area contributed by atoms with Crippen molar-refractivity contribution in [3.8, 4) is 11.3 Å². The van der Waals surface area contributed by atoms with Gasteiger partial charge in [0.05, 0.1) is 29.1 Å². The number of aliphatic hydroxyl groups excluding tert-OH is 3. The predicted molar refractivity (Wildman–Crippen MR) is 132 cm³/mol. The van der Waals surface area contributed by atoms with Crippen molar-refractivity contribution < 1.29 is 19.7 Å². The highest BCUT2D eigenvalue weighted by atomic mass is 16.3. The van der Waals surface area contributed by atoms with Gasteiger partial charge in [-0.05, 0) is 45.7 Å². The van der Waals surface area contributed by atoms with E-state index in [0.717, 1.165) is 48.3 Å². The molecule has 9 heteroatoms. The van der Waals surface area contributed by atoms with Crippen LogP contribution in [0.1, 0.15) is 49.7 Å². The molecule has 0 amide bonds. The number of unbranched alkanes of at least 4 members (excludes halogenated alkanes) is 2. The number of pyridine rings is 1. The number of fused-ring (bicyclic) bond motifs is 1. The molecule has 0 radical (unpaired) electrons. The summed E-state index contributed by atoms with van der Waals surface area (Å²) in [7, 11) is 0. The highest BCUT2D eigenvalue weighted by Gasteiger charge is 2.41. The van der Waals surface area contributed by atoms with E-state index in [1.807, 2.05) is 32.9 Å². The number of anilines is 2. The molecule has 184 valence electrons. The van der Waals surface area contributed by atoms with Gasteiger partial charge in [-0.25, -0.2) is 4.98 Å². The van der Waals surface area contributed by atoms with Crippen molar-refractivity contribution in [2.75, 3.05) is 23.8 Å². The monoisotopic (exact) mass is 469 g/mol. The Labute approximate surface area is 199 Å². The maximum Gasteiger partial charge on any atom is 0.224 e. The number of nitrogens with one attached hydrogen (secondary N) is 2. The minimum Gasteiger partial charge on any atom is -0.454 e. The number of rotatable bonds is 9. The van der Waals surface area contributed by atoms with E-state index >= 15 is 0 Å². The summed E-state index contributed by atoms with van der Waals surface area (Å²) in [6.07, 6.45) is 1.67. The second kappa shape index (κ2) is 10.2. The van der Waals surface area contributed by atoms with Gasteiger partial charge in [0.25, 0.3) is 0 Å². The fourth-order valence-corrected chi connectivity index (χ4v) is 4.74. The lowest BCUT2D eigenvalue weighted by atomic mass is 10.1. The molecule has 0 saturated heterocycles. The van der Waals surface area contributed by atoms with Gasteiger partial charge in [0.15, 0.2) is 5.58 Å². The molecule has 0 spiro atoms. The van der Waals surface area contributed by atoms with E-state index in [1.165, 1.54) is 0 Å². The maximum atomic E-state index is 10.6. The third kappa shape index (κ3) is 4.87. The largest absolute Gasteiger partial charge is 0.454 e. The Bertz CT molecular complexity index is 1150. The molecule has 0 aliphatic heterocycles. The summed E-state index contributed by atoms with van der Waals surface area (Å²) in [4.78, 5) is 13.9. The molecule has 9 nitrogen and oxygen atoms in total. The Morgan fingerprint density at radius 3 is 2.53 bits per heavy atom. The zero-order valence-electron chi connectivity index (χ0n) is 20.3. The Kier molecular flexibility index (Phi) is 7.35. The van der Waals surface area contributed by atoms with Crippen LogP contribution < -0.4 is 10.6 Å². The highest BCUT2D eigenvalue weighted by molar-refractivity contribution is 5.87. The first-order valence-electron chi connectivity index (χ1n) is 12.1. The summed E-state index contributed by atoms with van der Waals surface area (Å²) < 4.78 is 6.21. The Morgan fingerprint density at radius 2 is 1.82 bits per heavy atom. The summed E-state index contributed by atoms with van der Waals surface area (Å²) in [5, 5.41) is 38.0. The smallest absolute Gasteiger partial charge is 0.224 e. The Morgan fingerprint density at radius 1 is 1.03 bits per heavy atom. The molecule has 0 aromatic carbocycles. The van der Waals surface area contributed by atoms with Crippen molar-refractivity contribution >= 4 is 22.7 Å². The number of hydrogen-bond acceptors (Lipinski definition) is 9. The first-order valence-corrected chi connectivity index (χ1v) is 12.1. The highest BCUT2D eigenvalue weighted by Crippen LogP contribution is 2.37. The molecule has 3 heterocycles. The molecule has 1 fully saturated rings. The van der Waals surface area contributed by atoms with Crippen LogP contribution in [0, 0.1) is 26.7 Å². The van der Waals surface area contributed by atoms with Crippen LogP contribution in [0.4, 0.5) is 11.8 Å². The van der Waals surface area contributed by atoms with Crippen LogP contribution in [-0.4, -0.2) is 61.7 Å². The van der Waals surface area contributed by atoms with Gasteiger partial charge in [-0.2, -0.15) is 4.98 Å². The van der Waals surface area contributed by atoms with E-state index in [2.05, 4.69) is 27.5 Å². The van der Waals surface area contributed by atoms with Crippen molar-refractivity contribution in [2.45, 2.75) is 71.6 Å². The van der Waals surface area contributed by atoms with Gasteiger partial charge < -0.3 is 30.4 Å². The lowest BCUT2D eigenvalue weighted by Crippen LogP contribution is -2.35. The van der Waals surface area contributed by atoms with Crippen LogP contribution in [0.3, 0.4) is 0 Å². The van der Waals surface area contributed by atoms with Crippen molar-refractivity contribution in [3.05, 3.63) is 29.2 Å². The summed E-state index contributed by atoms with van der Waals surface area (Å²) >= 11 is 0. The molecule has 4 rings (SSSR count). The van der Waals surface area contributed by atoms with Crippen LogP contribution in [-0.2, 0) is 0 Å². The Balaban J connectivity index is 1.73. The molecule has 0 unspecified atom stereocenters. The topological polar surface area (TPSA) is 137 Å². The summed E-state index contributed by atoms with van der Waals surface area (Å²) in [6, 6.07) is 3.47. The molecule has 1 aliphatic carbocycles. The first kappa shape index (κ1) is 24.4. The molecule has 1 aliphatic rings. The molecule has 3 aromatic rings. The minimum absolute atomic E-state index is 0.189. The summed E-state index contributed by atoms with van der Waals surface area (Å²) in [6.45, 7) is 8.50. The van der Waals surface area contributed by atoms with E-state index in [1.54, 1.807) is 0 Å². The zero-order valence-corrected chi connectivity index (χ0v) is 20.3. The van der Waals surface area contributed by atoms with Crippen molar-refractivity contribution in [1.29, 1.82) is 0 Å². The van der Waals surface area contributed by atoms with Crippen LogP contribution >= 0.6 is 0 Å². The molecule has 0 bridgehead atoms. The number of aromatic nitrogens is 3. The third-order valence-corrected chi connectivity index (χ3v) is 6.56. The van der Waals surface area contributed by atoms with Gasteiger partial charge in [-0.1, -0.05) is 19.8 Å². The van der Waals surface area contributed by atoms with Gasteiger partial charge in [0, 0.05) is 30.1 Å². The fraction of sp³-hybridized carbons (Fsp3) is 0.560. The number of nitrogens with zero attached hydrogens (tertiary/aromatic N) is 3. The number of aliphatic hydroxyl groups is 3. The molecular formula is C25H35N5O4. The van der Waals surface area contributed by atoms with E-state index in [-0.39, 0.29) is 6.61 Å². The maximum absolute atomic E-state index is 10.6.